The van der Waals surface area contributed by atoms with Crippen molar-refractivity contribution >= 4 is 34.1 Å². The first-order valence-corrected chi connectivity index (χ1v) is 7.86. The summed E-state index contributed by atoms with van der Waals surface area (Å²) in [4.78, 5) is 4.22. The van der Waals surface area contributed by atoms with Gasteiger partial charge in [-0.1, -0.05) is 23.8 Å². The predicted octanol–water partition coefficient (Wildman–Crippen LogP) is 5.40. The number of aromatic nitrogens is 1. The molecule has 0 saturated carbocycles. The maximum absolute atomic E-state index is 5.61. The number of rotatable bonds is 0. The second-order valence-electron chi connectivity index (χ2n) is 5.32. The molecule has 0 radical (unpaired) electrons. The van der Waals surface area contributed by atoms with Crippen LogP contribution in [0.5, 0.6) is 11.5 Å². The highest BCUT2D eigenvalue weighted by Gasteiger charge is 2.37. The number of alkyl halides is 2. The molecule has 2 heterocycles. The lowest BCUT2D eigenvalue weighted by Crippen LogP contribution is -2.22. The molecule has 118 valence electrons. The number of aryl methyl sites for hydroxylation is 2. The fraction of sp³-hybridized carbons (Fsp3) is 0.167. The van der Waals surface area contributed by atoms with Gasteiger partial charge in [0.15, 0.2) is 11.5 Å². The molecule has 23 heavy (non-hydrogen) atoms. The van der Waals surface area contributed by atoms with E-state index in [9.17, 15) is 0 Å². The van der Waals surface area contributed by atoms with Crippen LogP contribution in [0.15, 0.2) is 54.7 Å². The third-order valence-electron chi connectivity index (χ3n) is 3.32. The Bertz CT molecular complexity index is 849. The number of fused-ring (bicyclic) bond motifs is 2. The van der Waals surface area contributed by atoms with E-state index < -0.39 is 4.71 Å². The van der Waals surface area contributed by atoms with Crippen LogP contribution in [0.2, 0.25) is 0 Å². The first-order valence-electron chi connectivity index (χ1n) is 7.11. The molecular formula is C18H15Cl2NO2. The van der Waals surface area contributed by atoms with Gasteiger partial charge < -0.3 is 9.47 Å². The van der Waals surface area contributed by atoms with Crippen molar-refractivity contribution in [1.29, 1.82) is 0 Å². The number of nitrogens with zero attached hydrogens (tertiary/aromatic N) is 1. The molecule has 1 aliphatic rings. The van der Waals surface area contributed by atoms with E-state index in [-0.39, 0.29) is 0 Å². The molecule has 5 heteroatoms. The molecule has 0 unspecified atom stereocenters. The van der Waals surface area contributed by atoms with Crippen molar-refractivity contribution in [3.05, 3.63) is 65.9 Å². The Balaban J connectivity index is 0.000000136. The molecule has 0 N–H and O–H groups in total. The molecule has 1 aliphatic heterocycles. The van der Waals surface area contributed by atoms with Crippen LogP contribution in [0.4, 0.5) is 0 Å². The lowest BCUT2D eigenvalue weighted by molar-refractivity contribution is 0.0849. The molecule has 0 amide bonds. The summed E-state index contributed by atoms with van der Waals surface area (Å²) in [5.74, 6) is 1.16. The Morgan fingerprint density at radius 3 is 2.39 bits per heavy atom. The molecule has 0 atom stereocenters. The van der Waals surface area contributed by atoms with Crippen molar-refractivity contribution in [2.45, 2.75) is 18.6 Å². The number of hydrogen-bond acceptors (Lipinski definition) is 3. The van der Waals surface area contributed by atoms with E-state index in [0.29, 0.717) is 11.5 Å². The minimum atomic E-state index is -1.56. The van der Waals surface area contributed by atoms with E-state index in [1.165, 1.54) is 10.9 Å². The third-order valence-corrected chi connectivity index (χ3v) is 3.62. The van der Waals surface area contributed by atoms with Crippen LogP contribution in [-0.4, -0.2) is 9.69 Å². The first kappa shape index (κ1) is 15.9. The van der Waals surface area contributed by atoms with Gasteiger partial charge in [0.25, 0.3) is 0 Å². The quantitative estimate of drug-likeness (QED) is 0.510. The van der Waals surface area contributed by atoms with E-state index >= 15 is 0 Å². The van der Waals surface area contributed by atoms with E-state index in [1.807, 2.05) is 37.4 Å². The minimum Gasteiger partial charge on any atom is -0.423 e. The van der Waals surface area contributed by atoms with Crippen LogP contribution >= 0.6 is 23.2 Å². The Kier molecular flexibility index (Phi) is 4.33. The van der Waals surface area contributed by atoms with E-state index in [2.05, 4.69) is 30.1 Å². The summed E-state index contributed by atoms with van der Waals surface area (Å²) >= 11 is 11.2. The number of pyridine rings is 1. The average molecular weight is 348 g/mol. The topological polar surface area (TPSA) is 31.4 Å². The number of benzene rings is 2. The summed E-state index contributed by atoms with van der Waals surface area (Å²) < 4.78 is 8.58. The molecule has 0 fully saturated rings. The average Bonchev–Trinajstić information content (AvgIpc) is 2.81. The Labute approximate surface area is 144 Å². The van der Waals surface area contributed by atoms with Gasteiger partial charge in [-0.25, -0.2) is 0 Å². The SMILES string of the molecule is Cc1ccc2c(c1)OC(Cl)(Cl)O2.Cc1ccc2ncccc2c1. The van der Waals surface area contributed by atoms with Crippen molar-refractivity contribution in [2.24, 2.45) is 0 Å². The van der Waals surface area contributed by atoms with Gasteiger partial charge in [-0.15, -0.1) is 0 Å². The van der Waals surface area contributed by atoms with Gasteiger partial charge in [0.05, 0.1) is 5.52 Å². The first-order chi connectivity index (χ1) is 10.9. The molecule has 3 nitrogen and oxygen atoms in total. The van der Waals surface area contributed by atoms with Crippen molar-refractivity contribution in [3.63, 3.8) is 0 Å². The normalized spacial score (nSPS) is 14.3. The Hall–Kier alpha value is -1.97. The van der Waals surface area contributed by atoms with Crippen LogP contribution in [-0.2, 0) is 0 Å². The van der Waals surface area contributed by atoms with E-state index in [1.54, 1.807) is 6.07 Å². The molecule has 0 aliphatic carbocycles. The Morgan fingerprint density at radius 2 is 1.57 bits per heavy atom. The van der Waals surface area contributed by atoms with Crippen molar-refractivity contribution in [3.8, 4) is 11.5 Å². The summed E-state index contributed by atoms with van der Waals surface area (Å²) in [5, 5.41) is 1.22. The third kappa shape index (κ3) is 3.87. The number of ether oxygens (including phenoxy) is 2. The molecule has 2 aromatic carbocycles. The number of hydrogen-bond donors (Lipinski definition) is 0. The summed E-state index contributed by atoms with van der Waals surface area (Å²) in [6, 6.07) is 15.8. The van der Waals surface area contributed by atoms with E-state index in [4.69, 9.17) is 32.7 Å². The largest absolute Gasteiger partial charge is 0.423 e. The van der Waals surface area contributed by atoms with Crippen LogP contribution in [0.3, 0.4) is 0 Å². The smallest absolute Gasteiger partial charge is 0.419 e. The van der Waals surface area contributed by atoms with Crippen LogP contribution < -0.4 is 9.47 Å². The lowest BCUT2D eigenvalue weighted by atomic mass is 10.1. The zero-order valence-corrected chi connectivity index (χ0v) is 14.2. The van der Waals surface area contributed by atoms with Crippen molar-refractivity contribution in [1.82, 2.24) is 4.98 Å². The van der Waals surface area contributed by atoms with Gasteiger partial charge in [-0.2, -0.15) is 0 Å². The highest BCUT2D eigenvalue weighted by molar-refractivity contribution is 6.46. The van der Waals surface area contributed by atoms with Crippen molar-refractivity contribution in [2.75, 3.05) is 0 Å². The Morgan fingerprint density at radius 1 is 0.870 bits per heavy atom. The molecule has 0 spiro atoms. The zero-order chi connectivity index (χ0) is 16.4. The maximum Gasteiger partial charge on any atom is 0.419 e. The summed E-state index contributed by atoms with van der Waals surface area (Å²) in [6.07, 6.45) is 1.82. The van der Waals surface area contributed by atoms with Gasteiger partial charge >= 0.3 is 4.71 Å². The molecule has 3 aromatic rings. The van der Waals surface area contributed by atoms with Gasteiger partial charge in [0, 0.05) is 11.6 Å². The summed E-state index contributed by atoms with van der Waals surface area (Å²) in [7, 11) is 0. The molecule has 4 rings (SSSR count). The second kappa shape index (κ2) is 6.26. The molecule has 0 saturated heterocycles. The lowest BCUT2D eigenvalue weighted by Gasteiger charge is -2.09. The standard InChI is InChI=1S/C10H9N.C8H6Cl2O2/c1-8-4-5-10-9(7-8)3-2-6-11-10;1-5-2-3-6-7(4-5)12-8(9,10)11-6/h2-7H,1H3;2-4H,1H3. The highest BCUT2D eigenvalue weighted by Crippen LogP contribution is 2.43. The van der Waals surface area contributed by atoms with Crippen LogP contribution in [0.1, 0.15) is 11.1 Å². The molecule has 0 bridgehead atoms. The monoisotopic (exact) mass is 347 g/mol. The van der Waals surface area contributed by atoms with Gasteiger partial charge in [0.2, 0.25) is 0 Å². The minimum absolute atomic E-state index is 0.575. The molecule has 1 aromatic heterocycles. The fourth-order valence-electron chi connectivity index (χ4n) is 2.25. The fourth-order valence-corrected chi connectivity index (χ4v) is 2.58. The van der Waals surface area contributed by atoms with Gasteiger partial charge in [-0.05, 0) is 72.9 Å². The second-order valence-corrected chi connectivity index (χ2v) is 6.51. The van der Waals surface area contributed by atoms with Crippen LogP contribution in [0, 0.1) is 13.8 Å². The van der Waals surface area contributed by atoms with E-state index in [0.717, 1.165) is 11.1 Å². The summed E-state index contributed by atoms with van der Waals surface area (Å²) in [5.41, 5.74) is 3.42. The number of halogens is 2. The zero-order valence-electron chi connectivity index (χ0n) is 12.7. The van der Waals surface area contributed by atoms with Gasteiger partial charge in [-0.3, -0.25) is 4.98 Å². The van der Waals surface area contributed by atoms with Crippen LogP contribution in [0.25, 0.3) is 10.9 Å². The molecular weight excluding hydrogens is 333 g/mol. The predicted molar refractivity (Wildman–Crippen MR) is 93.4 cm³/mol. The maximum atomic E-state index is 5.61. The van der Waals surface area contributed by atoms with Gasteiger partial charge in [0.1, 0.15) is 0 Å². The van der Waals surface area contributed by atoms with Crippen molar-refractivity contribution < 1.29 is 9.47 Å². The summed E-state index contributed by atoms with van der Waals surface area (Å²) in [6.45, 7) is 4.04. The highest BCUT2D eigenvalue weighted by atomic mass is 35.5.